The minimum absolute atomic E-state index is 0.00195. The van der Waals surface area contributed by atoms with Crippen LogP contribution in [0.3, 0.4) is 0 Å². The van der Waals surface area contributed by atoms with Gasteiger partial charge in [-0.25, -0.2) is 15.0 Å². The molecule has 0 aliphatic carbocycles. The Labute approximate surface area is 126 Å². The molecule has 3 rings (SSSR count). The van der Waals surface area contributed by atoms with Gasteiger partial charge in [0, 0.05) is 5.57 Å². The van der Waals surface area contributed by atoms with Crippen LogP contribution < -0.4 is 5.32 Å². The number of hydrogen-bond donors (Lipinski definition) is 2. The zero-order valence-corrected chi connectivity index (χ0v) is 12.2. The van der Waals surface area contributed by atoms with Crippen molar-refractivity contribution in [2.75, 3.05) is 11.9 Å². The van der Waals surface area contributed by atoms with Crippen molar-refractivity contribution in [3.05, 3.63) is 24.8 Å². The summed E-state index contributed by atoms with van der Waals surface area (Å²) in [6, 6.07) is 0. The second kappa shape index (κ2) is 5.82. The minimum atomic E-state index is -0.313. The molecule has 1 amide bonds. The van der Waals surface area contributed by atoms with E-state index in [9.17, 15) is 4.79 Å². The number of ether oxygens (including phenoxy) is 1. The van der Waals surface area contributed by atoms with Crippen molar-refractivity contribution in [2.24, 2.45) is 0 Å². The van der Waals surface area contributed by atoms with Crippen molar-refractivity contribution in [1.29, 1.82) is 0 Å². The predicted molar refractivity (Wildman–Crippen MR) is 79.0 cm³/mol. The van der Waals surface area contributed by atoms with Crippen LogP contribution >= 0.6 is 0 Å². The maximum atomic E-state index is 11.7. The molecule has 2 N–H and O–H groups in total. The third kappa shape index (κ3) is 2.58. The Bertz CT molecular complexity index is 726. The summed E-state index contributed by atoms with van der Waals surface area (Å²) in [6.45, 7) is 5.21. The number of fused-ring (bicyclic) bond motifs is 1. The van der Waals surface area contributed by atoms with E-state index in [4.69, 9.17) is 9.84 Å². The fraction of sp³-hybridized carbons (Fsp3) is 0.429. The van der Waals surface area contributed by atoms with Gasteiger partial charge in [-0.3, -0.25) is 9.36 Å². The SMILES string of the molecule is C=C(C)C(=O)Nc1ncnc2c1ncn2[C@H]1CC[C@@H](CO)O1. The van der Waals surface area contributed by atoms with Gasteiger partial charge in [-0.2, -0.15) is 0 Å². The summed E-state index contributed by atoms with van der Waals surface area (Å²) in [6.07, 6.45) is 4.15. The topological polar surface area (TPSA) is 102 Å². The first kappa shape index (κ1) is 14.6. The van der Waals surface area contributed by atoms with Crippen molar-refractivity contribution in [3.63, 3.8) is 0 Å². The van der Waals surface area contributed by atoms with Crippen molar-refractivity contribution in [1.82, 2.24) is 19.5 Å². The van der Waals surface area contributed by atoms with E-state index >= 15 is 0 Å². The molecule has 1 aliphatic heterocycles. The van der Waals surface area contributed by atoms with E-state index in [1.165, 1.54) is 6.33 Å². The Morgan fingerprint density at radius 3 is 3.00 bits per heavy atom. The molecular weight excluding hydrogens is 286 g/mol. The summed E-state index contributed by atoms with van der Waals surface area (Å²) in [5.41, 5.74) is 1.46. The molecule has 2 aromatic rings. The molecule has 8 nitrogen and oxygen atoms in total. The van der Waals surface area contributed by atoms with Crippen LogP contribution in [0.15, 0.2) is 24.8 Å². The van der Waals surface area contributed by atoms with Crippen LogP contribution in [0.25, 0.3) is 11.2 Å². The Balaban J connectivity index is 1.92. The number of rotatable bonds is 4. The van der Waals surface area contributed by atoms with E-state index in [2.05, 4.69) is 26.8 Å². The van der Waals surface area contributed by atoms with Crippen LogP contribution in [0.2, 0.25) is 0 Å². The third-order valence-electron chi connectivity index (χ3n) is 3.58. The van der Waals surface area contributed by atoms with Gasteiger partial charge in [0.2, 0.25) is 0 Å². The summed E-state index contributed by atoms with van der Waals surface area (Å²) in [4.78, 5) is 24.3. The molecule has 0 radical (unpaired) electrons. The Hall–Kier alpha value is -2.32. The standard InChI is InChI=1S/C14H17N5O3/c1-8(2)14(21)18-12-11-13(16-6-15-12)19(7-17-11)10-4-3-9(5-20)22-10/h6-7,9-10,20H,1,3-5H2,2H3,(H,15,16,18,21)/t9-,10+/m0/s1. The van der Waals surface area contributed by atoms with Crippen LogP contribution in [0.4, 0.5) is 5.82 Å². The Kier molecular flexibility index (Phi) is 3.86. The van der Waals surface area contributed by atoms with Gasteiger partial charge in [-0.1, -0.05) is 6.58 Å². The molecule has 116 valence electrons. The van der Waals surface area contributed by atoms with Gasteiger partial charge in [-0.15, -0.1) is 0 Å². The van der Waals surface area contributed by atoms with Gasteiger partial charge in [0.15, 0.2) is 17.0 Å². The maximum Gasteiger partial charge on any atom is 0.251 e. The monoisotopic (exact) mass is 303 g/mol. The summed E-state index contributed by atoms with van der Waals surface area (Å²) in [5.74, 6) is 0.0282. The van der Waals surface area contributed by atoms with Crippen molar-refractivity contribution in [2.45, 2.75) is 32.1 Å². The van der Waals surface area contributed by atoms with Gasteiger partial charge < -0.3 is 15.2 Å². The first-order valence-electron chi connectivity index (χ1n) is 7.01. The number of aromatic nitrogens is 4. The molecule has 0 saturated carbocycles. The summed E-state index contributed by atoms with van der Waals surface area (Å²) in [5, 5.41) is 11.8. The second-order valence-corrected chi connectivity index (χ2v) is 5.25. The van der Waals surface area contributed by atoms with Crippen molar-refractivity contribution < 1.29 is 14.6 Å². The highest BCUT2D eigenvalue weighted by Crippen LogP contribution is 2.31. The molecule has 0 spiro atoms. The molecule has 1 saturated heterocycles. The van der Waals surface area contributed by atoms with E-state index in [0.29, 0.717) is 22.6 Å². The largest absolute Gasteiger partial charge is 0.394 e. The van der Waals surface area contributed by atoms with E-state index in [1.54, 1.807) is 17.8 Å². The fourth-order valence-electron chi connectivity index (χ4n) is 2.39. The fourth-order valence-corrected chi connectivity index (χ4v) is 2.39. The highest BCUT2D eigenvalue weighted by atomic mass is 16.5. The van der Waals surface area contributed by atoms with Crippen LogP contribution in [0, 0.1) is 0 Å². The lowest BCUT2D eigenvalue weighted by Crippen LogP contribution is -2.15. The molecule has 1 aliphatic rings. The molecule has 0 unspecified atom stereocenters. The number of anilines is 1. The molecule has 22 heavy (non-hydrogen) atoms. The number of carbonyl (C=O) groups excluding carboxylic acids is 1. The normalized spacial score (nSPS) is 21.2. The van der Waals surface area contributed by atoms with E-state index in [1.807, 2.05) is 0 Å². The molecule has 1 fully saturated rings. The smallest absolute Gasteiger partial charge is 0.251 e. The highest BCUT2D eigenvalue weighted by molar-refractivity contribution is 6.05. The number of hydrogen-bond acceptors (Lipinski definition) is 6. The summed E-state index contributed by atoms with van der Waals surface area (Å²) >= 11 is 0. The zero-order valence-electron chi connectivity index (χ0n) is 12.2. The molecule has 0 bridgehead atoms. The maximum absolute atomic E-state index is 11.7. The first-order valence-corrected chi connectivity index (χ1v) is 7.01. The number of imidazole rings is 1. The van der Waals surface area contributed by atoms with Crippen LogP contribution in [0.5, 0.6) is 0 Å². The quantitative estimate of drug-likeness (QED) is 0.817. The summed E-state index contributed by atoms with van der Waals surface area (Å²) in [7, 11) is 0. The number of aliphatic hydroxyl groups excluding tert-OH is 1. The second-order valence-electron chi connectivity index (χ2n) is 5.25. The molecule has 2 atom stereocenters. The van der Waals surface area contributed by atoms with E-state index < -0.39 is 0 Å². The van der Waals surface area contributed by atoms with Crippen molar-refractivity contribution in [3.8, 4) is 0 Å². The average molecular weight is 303 g/mol. The third-order valence-corrected chi connectivity index (χ3v) is 3.58. The molecule has 3 heterocycles. The number of carbonyl (C=O) groups is 1. The zero-order chi connectivity index (χ0) is 15.7. The van der Waals surface area contributed by atoms with Gasteiger partial charge in [0.05, 0.1) is 19.0 Å². The lowest BCUT2D eigenvalue weighted by Gasteiger charge is -2.13. The average Bonchev–Trinajstić information content (AvgIpc) is 3.13. The lowest BCUT2D eigenvalue weighted by atomic mass is 10.2. The molecule has 0 aromatic carbocycles. The molecular formula is C14H17N5O3. The lowest BCUT2D eigenvalue weighted by molar-refractivity contribution is -0.112. The number of aliphatic hydroxyl groups is 1. The number of amides is 1. The van der Waals surface area contributed by atoms with Gasteiger partial charge in [0.1, 0.15) is 12.6 Å². The van der Waals surface area contributed by atoms with Gasteiger partial charge >= 0.3 is 0 Å². The first-order chi connectivity index (χ1) is 10.6. The van der Waals surface area contributed by atoms with Crippen molar-refractivity contribution >= 4 is 22.9 Å². The Morgan fingerprint density at radius 1 is 1.50 bits per heavy atom. The van der Waals surface area contributed by atoms with Crippen LogP contribution in [-0.4, -0.2) is 43.2 Å². The van der Waals surface area contributed by atoms with E-state index in [0.717, 1.165) is 12.8 Å². The minimum Gasteiger partial charge on any atom is -0.394 e. The summed E-state index contributed by atoms with van der Waals surface area (Å²) < 4.78 is 7.53. The van der Waals surface area contributed by atoms with Gasteiger partial charge in [0.25, 0.3) is 5.91 Å². The van der Waals surface area contributed by atoms with E-state index in [-0.39, 0.29) is 24.8 Å². The Morgan fingerprint density at radius 2 is 2.32 bits per heavy atom. The van der Waals surface area contributed by atoms with Crippen LogP contribution in [-0.2, 0) is 9.53 Å². The highest BCUT2D eigenvalue weighted by Gasteiger charge is 2.27. The molecule has 2 aromatic heterocycles. The predicted octanol–water partition coefficient (Wildman–Crippen LogP) is 1.01. The van der Waals surface area contributed by atoms with Crippen LogP contribution in [0.1, 0.15) is 26.0 Å². The number of nitrogens with zero attached hydrogens (tertiary/aromatic N) is 4. The molecule has 8 heteroatoms. The van der Waals surface area contributed by atoms with Gasteiger partial charge in [-0.05, 0) is 19.8 Å². The number of nitrogens with one attached hydrogen (secondary N) is 1.